The molecule has 1 saturated heterocycles. The van der Waals surface area contributed by atoms with Gasteiger partial charge in [0.2, 0.25) is 0 Å². The van der Waals surface area contributed by atoms with Crippen molar-refractivity contribution in [3.8, 4) is 6.07 Å². The van der Waals surface area contributed by atoms with E-state index >= 15 is 0 Å². The van der Waals surface area contributed by atoms with Crippen LogP contribution < -0.4 is 4.90 Å². The minimum atomic E-state index is -2.87. The Morgan fingerprint density at radius 2 is 1.88 bits per heavy atom. The number of nitrogens with zero attached hydrogens (tertiary/aromatic N) is 2. The van der Waals surface area contributed by atoms with E-state index in [0.717, 1.165) is 10.2 Å². The van der Waals surface area contributed by atoms with Crippen molar-refractivity contribution in [2.45, 2.75) is 0 Å². The van der Waals surface area contributed by atoms with Gasteiger partial charge in [-0.15, -0.1) is 0 Å². The molecule has 1 aliphatic rings. The highest BCUT2D eigenvalue weighted by Crippen LogP contribution is 2.24. The number of nitriles is 1. The van der Waals surface area contributed by atoms with E-state index in [2.05, 4.69) is 22.0 Å². The van der Waals surface area contributed by atoms with Crippen LogP contribution in [0.4, 0.5) is 5.69 Å². The molecule has 1 aromatic carbocycles. The monoisotopic (exact) mass is 314 g/mol. The maximum Gasteiger partial charge on any atom is 0.153 e. The van der Waals surface area contributed by atoms with Crippen LogP contribution in [0.5, 0.6) is 0 Å². The van der Waals surface area contributed by atoms with Crippen LogP contribution in [0, 0.1) is 11.3 Å². The molecule has 90 valence electrons. The average molecular weight is 315 g/mol. The molecule has 6 heteroatoms. The SMILES string of the molecule is N#Cc1cc(Br)cc(N2CCS(=O)(=O)CC2)c1. The molecule has 1 aliphatic heterocycles. The van der Waals surface area contributed by atoms with Crippen molar-refractivity contribution in [2.24, 2.45) is 0 Å². The highest BCUT2D eigenvalue weighted by molar-refractivity contribution is 9.10. The molecule has 0 saturated carbocycles. The van der Waals surface area contributed by atoms with Crippen LogP contribution in [0.1, 0.15) is 5.56 Å². The second kappa shape index (κ2) is 4.67. The summed E-state index contributed by atoms with van der Waals surface area (Å²) in [5.41, 5.74) is 1.47. The van der Waals surface area contributed by atoms with Gasteiger partial charge in [-0.3, -0.25) is 0 Å². The predicted octanol–water partition coefficient (Wildman–Crippen LogP) is 1.56. The van der Waals surface area contributed by atoms with Crippen molar-refractivity contribution in [3.63, 3.8) is 0 Å². The molecule has 0 aliphatic carbocycles. The summed E-state index contributed by atoms with van der Waals surface area (Å²) >= 11 is 3.35. The van der Waals surface area contributed by atoms with E-state index in [4.69, 9.17) is 5.26 Å². The second-order valence-electron chi connectivity index (χ2n) is 3.95. The summed E-state index contributed by atoms with van der Waals surface area (Å²) in [5, 5.41) is 8.88. The van der Waals surface area contributed by atoms with Crippen LogP contribution in [-0.2, 0) is 9.84 Å². The van der Waals surface area contributed by atoms with Gasteiger partial charge in [0.25, 0.3) is 0 Å². The molecule has 17 heavy (non-hydrogen) atoms. The van der Waals surface area contributed by atoms with E-state index in [1.807, 2.05) is 11.0 Å². The minimum Gasteiger partial charge on any atom is -0.369 e. The molecule has 0 atom stereocenters. The fraction of sp³-hybridized carbons (Fsp3) is 0.364. The lowest BCUT2D eigenvalue weighted by atomic mass is 10.2. The zero-order valence-corrected chi connectivity index (χ0v) is 11.5. The van der Waals surface area contributed by atoms with Gasteiger partial charge < -0.3 is 4.90 Å². The van der Waals surface area contributed by atoms with E-state index in [1.54, 1.807) is 12.1 Å². The number of hydrogen-bond acceptors (Lipinski definition) is 4. The van der Waals surface area contributed by atoms with E-state index in [-0.39, 0.29) is 11.5 Å². The Hall–Kier alpha value is -1.06. The van der Waals surface area contributed by atoms with Gasteiger partial charge in [0.05, 0.1) is 23.1 Å². The number of hydrogen-bond donors (Lipinski definition) is 0. The van der Waals surface area contributed by atoms with Crippen molar-refractivity contribution in [2.75, 3.05) is 29.5 Å². The van der Waals surface area contributed by atoms with Gasteiger partial charge in [-0.1, -0.05) is 15.9 Å². The van der Waals surface area contributed by atoms with E-state index in [0.29, 0.717) is 18.7 Å². The van der Waals surface area contributed by atoms with Crippen molar-refractivity contribution < 1.29 is 8.42 Å². The molecular formula is C11H11BrN2O2S. The summed E-state index contributed by atoms with van der Waals surface area (Å²) in [5.74, 6) is 0.364. The van der Waals surface area contributed by atoms with Gasteiger partial charge >= 0.3 is 0 Å². The van der Waals surface area contributed by atoms with Crippen LogP contribution in [-0.4, -0.2) is 33.0 Å². The minimum absolute atomic E-state index is 0.182. The lowest BCUT2D eigenvalue weighted by Crippen LogP contribution is -2.40. The highest BCUT2D eigenvalue weighted by atomic mass is 79.9. The summed E-state index contributed by atoms with van der Waals surface area (Å²) in [6.45, 7) is 0.979. The molecule has 1 aromatic rings. The summed E-state index contributed by atoms with van der Waals surface area (Å²) in [6, 6.07) is 7.51. The molecule has 1 heterocycles. The van der Waals surface area contributed by atoms with Crippen LogP contribution in [0.25, 0.3) is 0 Å². The predicted molar refractivity (Wildman–Crippen MR) is 69.7 cm³/mol. The van der Waals surface area contributed by atoms with Crippen molar-refractivity contribution >= 4 is 31.5 Å². The van der Waals surface area contributed by atoms with Gasteiger partial charge in [-0.2, -0.15) is 5.26 Å². The molecule has 0 radical (unpaired) electrons. The summed E-state index contributed by atoms with van der Waals surface area (Å²) in [4.78, 5) is 1.99. The zero-order chi connectivity index (χ0) is 12.5. The van der Waals surface area contributed by atoms with Gasteiger partial charge in [-0.05, 0) is 18.2 Å². The molecule has 0 unspecified atom stereocenters. The largest absolute Gasteiger partial charge is 0.369 e. The molecule has 0 N–H and O–H groups in total. The van der Waals surface area contributed by atoms with Gasteiger partial charge in [0, 0.05) is 23.2 Å². The van der Waals surface area contributed by atoms with Gasteiger partial charge in [-0.25, -0.2) is 8.42 Å². The first kappa shape index (κ1) is 12.4. The van der Waals surface area contributed by atoms with Gasteiger partial charge in [0.1, 0.15) is 0 Å². The standard InChI is InChI=1S/C11H11BrN2O2S/c12-10-5-9(8-13)6-11(7-10)14-1-3-17(15,16)4-2-14/h5-7H,1-4H2. The van der Waals surface area contributed by atoms with E-state index < -0.39 is 9.84 Å². The number of anilines is 1. The van der Waals surface area contributed by atoms with Gasteiger partial charge in [0.15, 0.2) is 9.84 Å². The van der Waals surface area contributed by atoms with Crippen LogP contribution in [0.3, 0.4) is 0 Å². The van der Waals surface area contributed by atoms with Crippen LogP contribution >= 0.6 is 15.9 Å². The lowest BCUT2D eigenvalue weighted by Gasteiger charge is -2.29. The number of halogens is 1. The number of benzene rings is 1. The van der Waals surface area contributed by atoms with Crippen molar-refractivity contribution in [3.05, 3.63) is 28.2 Å². The highest BCUT2D eigenvalue weighted by Gasteiger charge is 2.22. The Morgan fingerprint density at radius 1 is 1.24 bits per heavy atom. The lowest BCUT2D eigenvalue weighted by molar-refractivity contribution is 0.587. The average Bonchev–Trinajstić information content (AvgIpc) is 2.28. The molecular weight excluding hydrogens is 304 g/mol. The molecule has 4 nitrogen and oxygen atoms in total. The van der Waals surface area contributed by atoms with Crippen molar-refractivity contribution in [1.29, 1.82) is 5.26 Å². The molecule has 0 aromatic heterocycles. The van der Waals surface area contributed by atoms with Crippen LogP contribution in [0.15, 0.2) is 22.7 Å². The third kappa shape index (κ3) is 2.99. The first-order valence-electron chi connectivity index (χ1n) is 5.16. The Bertz CT molecular complexity index is 564. The first-order chi connectivity index (χ1) is 8.00. The molecule has 0 spiro atoms. The third-order valence-corrected chi connectivity index (χ3v) is 4.79. The Labute approximate surface area is 109 Å². The number of sulfone groups is 1. The third-order valence-electron chi connectivity index (χ3n) is 2.72. The maximum absolute atomic E-state index is 11.3. The van der Waals surface area contributed by atoms with Crippen molar-refractivity contribution in [1.82, 2.24) is 0 Å². The van der Waals surface area contributed by atoms with E-state index in [9.17, 15) is 8.42 Å². The number of rotatable bonds is 1. The molecule has 1 fully saturated rings. The second-order valence-corrected chi connectivity index (χ2v) is 7.17. The molecule has 0 amide bonds. The Morgan fingerprint density at radius 3 is 2.47 bits per heavy atom. The Kier molecular flexibility index (Phi) is 3.40. The van der Waals surface area contributed by atoms with E-state index in [1.165, 1.54) is 0 Å². The van der Waals surface area contributed by atoms with Crippen LogP contribution in [0.2, 0.25) is 0 Å². The maximum atomic E-state index is 11.3. The topological polar surface area (TPSA) is 61.2 Å². The zero-order valence-electron chi connectivity index (χ0n) is 9.06. The molecule has 0 bridgehead atoms. The summed E-state index contributed by atoms with van der Waals surface area (Å²) < 4.78 is 23.5. The smallest absolute Gasteiger partial charge is 0.153 e. The fourth-order valence-corrected chi connectivity index (χ4v) is 3.47. The summed E-state index contributed by atoms with van der Waals surface area (Å²) in [6.07, 6.45) is 0. The normalized spacial score (nSPS) is 18.7. The Balaban J connectivity index is 2.24. The first-order valence-corrected chi connectivity index (χ1v) is 7.78. The quantitative estimate of drug-likeness (QED) is 0.789. The molecule has 2 rings (SSSR count). The summed E-state index contributed by atoms with van der Waals surface area (Å²) in [7, 11) is -2.87. The fourth-order valence-electron chi connectivity index (χ4n) is 1.79.